The van der Waals surface area contributed by atoms with E-state index < -0.39 is 0 Å². The molecular formula is C13H10Cl2O2S. The second-order valence-corrected chi connectivity index (χ2v) is 5.83. The summed E-state index contributed by atoms with van der Waals surface area (Å²) in [7, 11) is 1.52. The van der Waals surface area contributed by atoms with Crippen LogP contribution < -0.4 is 4.74 Å². The lowest BCUT2D eigenvalue weighted by atomic mass is 10.1. The van der Waals surface area contributed by atoms with Gasteiger partial charge in [-0.1, -0.05) is 23.2 Å². The first-order chi connectivity index (χ1) is 8.52. The predicted octanol–water partition coefficient (Wildman–Crippen LogP) is 4.60. The van der Waals surface area contributed by atoms with Crippen LogP contribution in [-0.4, -0.2) is 12.9 Å². The van der Waals surface area contributed by atoms with Gasteiger partial charge >= 0.3 is 0 Å². The monoisotopic (exact) mass is 300 g/mol. The van der Waals surface area contributed by atoms with Gasteiger partial charge in [0.15, 0.2) is 0 Å². The van der Waals surface area contributed by atoms with Crippen molar-refractivity contribution in [2.45, 2.75) is 6.92 Å². The van der Waals surface area contributed by atoms with E-state index in [4.69, 9.17) is 27.9 Å². The number of hydrogen-bond donors (Lipinski definition) is 0. The van der Waals surface area contributed by atoms with Crippen molar-refractivity contribution in [3.8, 4) is 5.75 Å². The van der Waals surface area contributed by atoms with Gasteiger partial charge in [0.2, 0.25) is 5.78 Å². The number of halogens is 2. The minimum Gasteiger partial charge on any atom is -0.496 e. The molecule has 2 rings (SSSR count). The molecule has 0 amide bonds. The summed E-state index contributed by atoms with van der Waals surface area (Å²) < 4.78 is 5.80. The highest BCUT2D eigenvalue weighted by Gasteiger charge is 2.18. The Morgan fingerprint density at radius 3 is 2.56 bits per heavy atom. The van der Waals surface area contributed by atoms with Crippen LogP contribution in [0.25, 0.3) is 0 Å². The van der Waals surface area contributed by atoms with Crippen molar-refractivity contribution in [1.82, 2.24) is 0 Å². The topological polar surface area (TPSA) is 26.3 Å². The molecule has 0 aliphatic rings. The number of carbonyl (C=O) groups excluding carboxylic acids is 1. The fourth-order valence-corrected chi connectivity index (χ4v) is 2.89. The second-order valence-electron chi connectivity index (χ2n) is 3.74. The van der Waals surface area contributed by atoms with E-state index in [1.165, 1.54) is 18.4 Å². The number of ether oxygens (including phenoxy) is 1. The smallest absolute Gasteiger partial charge is 0.206 e. The van der Waals surface area contributed by atoms with Gasteiger partial charge in [0.05, 0.1) is 21.9 Å². The van der Waals surface area contributed by atoms with E-state index in [0.717, 1.165) is 5.56 Å². The summed E-state index contributed by atoms with van der Waals surface area (Å²) >= 11 is 13.1. The lowest BCUT2D eigenvalue weighted by molar-refractivity contribution is 0.103. The standard InChI is InChI=1S/C13H10Cl2O2S/c1-7-5-11(18-13(7)15)12(16)9-6-8(14)3-4-10(9)17-2/h3-6H,1-2H3. The molecule has 0 aliphatic heterocycles. The molecule has 0 atom stereocenters. The minimum atomic E-state index is -0.130. The molecule has 1 aromatic heterocycles. The molecule has 1 heterocycles. The van der Waals surface area contributed by atoms with Gasteiger partial charge in [-0.15, -0.1) is 11.3 Å². The average Bonchev–Trinajstić information content (AvgIpc) is 2.68. The summed E-state index contributed by atoms with van der Waals surface area (Å²) in [5.74, 6) is 0.376. The third-order valence-corrected chi connectivity index (χ3v) is 4.28. The van der Waals surface area contributed by atoms with Crippen molar-refractivity contribution in [2.24, 2.45) is 0 Å². The van der Waals surface area contributed by atoms with Crippen LogP contribution in [-0.2, 0) is 0 Å². The molecule has 0 unspecified atom stereocenters. The van der Waals surface area contributed by atoms with Crippen LogP contribution in [0.15, 0.2) is 24.3 Å². The molecule has 0 saturated heterocycles. The number of rotatable bonds is 3. The van der Waals surface area contributed by atoms with E-state index in [-0.39, 0.29) is 5.78 Å². The molecular weight excluding hydrogens is 291 g/mol. The number of ketones is 1. The maximum absolute atomic E-state index is 12.4. The first-order valence-electron chi connectivity index (χ1n) is 5.17. The van der Waals surface area contributed by atoms with Crippen LogP contribution in [0.4, 0.5) is 0 Å². The Kier molecular flexibility index (Phi) is 3.95. The van der Waals surface area contributed by atoms with Crippen molar-refractivity contribution in [2.75, 3.05) is 7.11 Å². The highest BCUT2D eigenvalue weighted by atomic mass is 35.5. The molecule has 0 aliphatic carbocycles. The molecule has 5 heteroatoms. The number of carbonyl (C=O) groups is 1. The van der Waals surface area contributed by atoms with E-state index >= 15 is 0 Å². The Hall–Kier alpha value is -1.03. The zero-order chi connectivity index (χ0) is 13.3. The van der Waals surface area contributed by atoms with Gasteiger partial charge in [0, 0.05) is 5.02 Å². The van der Waals surface area contributed by atoms with Crippen LogP contribution in [0.1, 0.15) is 20.8 Å². The van der Waals surface area contributed by atoms with Gasteiger partial charge in [-0.2, -0.15) is 0 Å². The van der Waals surface area contributed by atoms with Crippen LogP contribution in [0.2, 0.25) is 9.36 Å². The second kappa shape index (κ2) is 5.31. The van der Waals surface area contributed by atoms with E-state index in [2.05, 4.69) is 0 Å². The lowest BCUT2D eigenvalue weighted by Crippen LogP contribution is -2.02. The summed E-state index contributed by atoms with van der Waals surface area (Å²) in [6, 6.07) is 6.74. The highest BCUT2D eigenvalue weighted by Crippen LogP contribution is 2.31. The van der Waals surface area contributed by atoms with E-state index in [1.807, 2.05) is 6.92 Å². The average molecular weight is 301 g/mol. The highest BCUT2D eigenvalue weighted by molar-refractivity contribution is 7.18. The number of methoxy groups -OCH3 is 1. The first-order valence-corrected chi connectivity index (χ1v) is 6.74. The van der Waals surface area contributed by atoms with Crippen molar-refractivity contribution in [3.63, 3.8) is 0 Å². The van der Waals surface area contributed by atoms with Crippen LogP contribution in [0.3, 0.4) is 0 Å². The Labute approximate surface area is 119 Å². The molecule has 0 fully saturated rings. The van der Waals surface area contributed by atoms with Gasteiger partial charge in [-0.3, -0.25) is 4.79 Å². The van der Waals surface area contributed by atoms with E-state index in [9.17, 15) is 4.79 Å². The number of thiophene rings is 1. The molecule has 18 heavy (non-hydrogen) atoms. The predicted molar refractivity (Wildman–Crippen MR) is 75.5 cm³/mol. The van der Waals surface area contributed by atoms with E-state index in [1.54, 1.807) is 24.3 Å². The number of benzene rings is 1. The normalized spacial score (nSPS) is 10.4. The van der Waals surface area contributed by atoms with Crippen LogP contribution in [0.5, 0.6) is 5.75 Å². The molecule has 1 aromatic carbocycles. The fraction of sp³-hybridized carbons (Fsp3) is 0.154. The van der Waals surface area contributed by atoms with E-state index in [0.29, 0.717) is 25.5 Å². The van der Waals surface area contributed by atoms with Gasteiger partial charge in [-0.05, 0) is 36.8 Å². The molecule has 2 aromatic rings. The summed E-state index contributed by atoms with van der Waals surface area (Å²) in [5.41, 5.74) is 1.34. The zero-order valence-electron chi connectivity index (χ0n) is 9.79. The quantitative estimate of drug-likeness (QED) is 0.774. The molecule has 0 saturated carbocycles. The Morgan fingerprint density at radius 1 is 1.28 bits per heavy atom. The molecule has 2 nitrogen and oxygen atoms in total. The molecule has 0 spiro atoms. The van der Waals surface area contributed by atoms with Gasteiger partial charge in [0.1, 0.15) is 5.75 Å². The van der Waals surface area contributed by atoms with Crippen molar-refractivity contribution >= 4 is 40.3 Å². The van der Waals surface area contributed by atoms with Crippen molar-refractivity contribution < 1.29 is 9.53 Å². The maximum Gasteiger partial charge on any atom is 0.206 e. The van der Waals surface area contributed by atoms with Crippen LogP contribution >= 0.6 is 34.5 Å². The zero-order valence-corrected chi connectivity index (χ0v) is 12.1. The number of hydrogen-bond acceptors (Lipinski definition) is 3. The van der Waals surface area contributed by atoms with Gasteiger partial charge in [0.25, 0.3) is 0 Å². The Morgan fingerprint density at radius 2 is 2.00 bits per heavy atom. The third-order valence-electron chi connectivity index (χ3n) is 2.49. The van der Waals surface area contributed by atoms with Crippen molar-refractivity contribution in [3.05, 3.63) is 49.6 Å². The maximum atomic E-state index is 12.4. The van der Waals surface area contributed by atoms with Gasteiger partial charge < -0.3 is 4.74 Å². The van der Waals surface area contributed by atoms with Crippen molar-refractivity contribution in [1.29, 1.82) is 0 Å². The summed E-state index contributed by atoms with van der Waals surface area (Å²) in [6.45, 7) is 1.87. The summed E-state index contributed by atoms with van der Waals surface area (Å²) in [4.78, 5) is 12.9. The first kappa shape index (κ1) is 13.4. The van der Waals surface area contributed by atoms with Gasteiger partial charge in [-0.25, -0.2) is 0 Å². The summed E-state index contributed by atoms with van der Waals surface area (Å²) in [6.07, 6.45) is 0. The molecule has 94 valence electrons. The fourth-order valence-electron chi connectivity index (χ4n) is 1.56. The molecule has 0 bridgehead atoms. The molecule has 0 N–H and O–H groups in total. The minimum absolute atomic E-state index is 0.130. The Bertz CT molecular complexity index is 586. The largest absolute Gasteiger partial charge is 0.496 e. The third kappa shape index (κ3) is 2.53. The SMILES string of the molecule is COc1ccc(Cl)cc1C(=O)c1cc(C)c(Cl)s1. The molecule has 0 radical (unpaired) electrons. The summed E-state index contributed by atoms with van der Waals surface area (Å²) in [5, 5.41) is 0.499. The Balaban J connectivity index is 2.48. The van der Waals surface area contributed by atoms with Crippen LogP contribution in [0, 0.1) is 6.92 Å². The number of aryl methyl sites for hydroxylation is 1. The lowest BCUT2D eigenvalue weighted by Gasteiger charge is -2.06.